The van der Waals surface area contributed by atoms with E-state index in [1.54, 1.807) is 0 Å². The van der Waals surface area contributed by atoms with Crippen molar-refractivity contribution < 1.29 is 14.6 Å². The van der Waals surface area contributed by atoms with Crippen LogP contribution in [0.15, 0.2) is 58.6 Å². The summed E-state index contributed by atoms with van der Waals surface area (Å²) in [6.07, 6.45) is 0. The van der Waals surface area contributed by atoms with E-state index in [1.165, 1.54) is 22.7 Å². The molecule has 1 atom stereocenters. The zero-order valence-corrected chi connectivity index (χ0v) is 15.4. The summed E-state index contributed by atoms with van der Waals surface area (Å²) in [4.78, 5) is 12.9. The van der Waals surface area contributed by atoms with E-state index < -0.39 is 5.60 Å². The number of hydrogen-bond donors (Lipinski definition) is 2. The molecule has 0 radical (unpaired) electrons. The molecule has 0 aliphatic carbocycles. The van der Waals surface area contributed by atoms with Gasteiger partial charge in [0.15, 0.2) is 6.61 Å². The van der Waals surface area contributed by atoms with E-state index in [4.69, 9.17) is 4.74 Å². The molecular formula is C19H19NO3S2. The Labute approximate surface area is 154 Å². The third kappa shape index (κ3) is 4.28. The Morgan fingerprint density at radius 2 is 2.00 bits per heavy atom. The van der Waals surface area contributed by atoms with Crippen molar-refractivity contribution in [1.82, 2.24) is 5.32 Å². The standard InChI is InChI=1S/C19H19NO3S2/c1-14-4-6-16(7-5-14)23-11-18(21)20-13-19(22,15-8-10-24-12-15)17-3-2-9-25-17/h2-10,12,22H,11,13H2,1H3,(H,20,21). The first-order valence-electron chi connectivity index (χ1n) is 7.83. The quantitative estimate of drug-likeness (QED) is 0.666. The van der Waals surface area contributed by atoms with Crippen LogP contribution in [-0.4, -0.2) is 24.2 Å². The molecule has 0 aliphatic heterocycles. The molecule has 2 heterocycles. The summed E-state index contributed by atoms with van der Waals surface area (Å²) in [6.45, 7) is 2.00. The summed E-state index contributed by atoms with van der Waals surface area (Å²) in [5.41, 5.74) is 0.682. The monoisotopic (exact) mass is 373 g/mol. The molecule has 3 rings (SSSR count). The van der Waals surface area contributed by atoms with Crippen molar-refractivity contribution in [2.75, 3.05) is 13.2 Å². The van der Waals surface area contributed by atoms with Crippen molar-refractivity contribution >= 4 is 28.6 Å². The summed E-state index contributed by atoms with van der Waals surface area (Å²) < 4.78 is 5.48. The minimum Gasteiger partial charge on any atom is -0.484 e. The van der Waals surface area contributed by atoms with Crippen molar-refractivity contribution in [3.05, 3.63) is 74.6 Å². The number of aliphatic hydroxyl groups is 1. The fraction of sp³-hybridized carbons (Fsp3) is 0.211. The van der Waals surface area contributed by atoms with Crippen LogP contribution >= 0.6 is 22.7 Å². The van der Waals surface area contributed by atoms with Crippen molar-refractivity contribution in [2.45, 2.75) is 12.5 Å². The number of aryl methyl sites for hydroxylation is 1. The molecule has 0 bridgehead atoms. The maximum Gasteiger partial charge on any atom is 0.258 e. The first-order chi connectivity index (χ1) is 12.1. The minimum atomic E-state index is -1.23. The van der Waals surface area contributed by atoms with Crippen LogP contribution in [0.2, 0.25) is 0 Å². The second kappa shape index (κ2) is 7.82. The molecule has 0 saturated carbocycles. The zero-order chi connectivity index (χ0) is 17.7. The van der Waals surface area contributed by atoms with Gasteiger partial charge in [-0.15, -0.1) is 11.3 Å². The second-order valence-corrected chi connectivity index (χ2v) is 7.46. The largest absolute Gasteiger partial charge is 0.484 e. The van der Waals surface area contributed by atoms with E-state index in [1.807, 2.05) is 65.5 Å². The minimum absolute atomic E-state index is 0.0901. The summed E-state index contributed by atoms with van der Waals surface area (Å²) in [6, 6.07) is 13.2. The van der Waals surface area contributed by atoms with E-state index in [0.717, 1.165) is 16.0 Å². The third-order valence-electron chi connectivity index (χ3n) is 3.86. The van der Waals surface area contributed by atoms with Crippen LogP contribution in [0.25, 0.3) is 0 Å². The highest BCUT2D eigenvalue weighted by atomic mass is 32.1. The van der Waals surface area contributed by atoms with Crippen LogP contribution in [0.1, 0.15) is 16.0 Å². The predicted octanol–water partition coefficient (Wildman–Crippen LogP) is 3.55. The Morgan fingerprint density at radius 3 is 2.64 bits per heavy atom. The number of hydrogen-bond acceptors (Lipinski definition) is 5. The average molecular weight is 373 g/mol. The van der Waals surface area contributed by atoms with Crippen LogP contribution in [-0.2, 0) is 10.4 Å². The number of thiophene rings is 2. The molecule has 0 saturated heterocycles. The molecule has 4 nitrogen and oxygen atoms in total. The van der Waals surface area contributed by atoms with Crippen molar-refractivity contribution in [2.24, 2.45) is 0 Å². The van der Waals surface area contributed by atoms with E-state index in [-0.39, 0.29) is 19.1 Å². The predicted molar refractivity (Wildman–Crippen MR) is 101 cm³/mol. The van der Waals surface area contributed by atoms with Crippen LogP contribution in [0.5, 0.6) is 5.75 Å². The maximum atomic E-state index is 12.1. The molecule has 1 unspecified atom stereocenters. The van der Waals surface area contributed by atoms with Crippen LogP contribution < -0.4 is 10.1 Å². The van der Waals surface area contributed by atoms with Gasteiger partial charge in [0.2, 0.25) is 0 Å². The summed E-state index contributed by atoms with van der Waals surface area (Å²) in [5.74, 6) is 0.373. The highest BCUT2D eigenvalue weighted by Gasteiger charge is 2.33. The van der Waals surface area contributed by atoms with Gasteiger partial charge in [0.1, 0.15) is 11.4 Å². The topological polar surface area (TPSA) is 58.6 Å². The van der Waals surface area contributed by atoms with E-state index in [0.29, 0.717) is 5.75 Å². The highest BCUT2D eigenvalue weighted by Crippen LogP contribution is 2.33. The Kier molecular flexibility index (Phi) is 5.53. The maximum absolute atomic E-state index is 12.1. The van der Waals surface area contributed by atoms with Gasteiger partial charge in [-0.1, -0.05) is 23.8 Å². The molecule has 1 aromatic carbocycles. The van der Waals surface area contributed by atoms with E-state index >= 15 is 0 Å². The number of carbonyl (C=O) groups is 1. The van der Waals surface area contributed by atoms with Crippen molar-refractivity contribution in [3.8, 4) is 5.75 Å². The van der Waals surface area contributed by atoms with E-state index in [9.17, 15) is 9.90 Å². The van der Waals surface area contributed by atoms with Gasteiger partial charge in [-0.3, -0.25) is 4.79 Å². The fourth-order valence-electron chi connectivity index (χ4n) is 2.41. The molecule has 0 aliphatic rings. The van der Waals surface area contributed by atoms with Gasteiger partial charge in [0.25, 0.3) is 5.91 Å². The molecule has 3 aromatic rings. The first-order valence-corrected chi connectivity index (χ1v) is 9.65. The molecule has 130 valence electrons. The molecule has 25 heavy (non-hydrogen) atoms. The van der Waals surface area contributed by atoms with E-state index in [2.05, 4.69) is 5.32 Å². The lowest BCUT2D eigenvalue weighted by Gasteiger charge is -2.27. The highest BCUT2D eigenvalue weighted by molar-refractivity contribution is 7.10. The normalized spacial score (nSPS) is 13.2. The summed E-state index contributed by atoms with van der Waals surface area (Å²) in [5, 5.41) is 19.7. The van der Waals surface area contributed by atoms with Gasteiger partial charge >= 0.3 is 0 Å². The van der Waals surface area contributed by atoms with Crippen molar-refractivity contribution in [1.29, 1.82) is 0 Å². The third-order valence-corrected chi connectivity index (χ3v) is 5.56. The smallest absolute Gasteiger partial charge is 0.258 e. The van der Waals surface area contributed by atoms with Gasteiger partial charge in [-0.05, 0) is 47.3 Å². The molecule has 2 aromatic heterocycles. The molecule has 2 N–H and O–H groups in total. The van der Waals surface area contributed by atoms with Gasteiger partial charge in [-0.2, -0.15) is 11.3 Å². The summed E-state index contributed by atoms with van der Waals surface area (Å²) >= 11 is 2.98. The number of carbonyl (C=O) groups excluding carboxylic acids is 1. The molecule has 0 fully saturated rings. The molecular weight excluding hydrogens is 354 g/mol. The lowest BCUT2D eigenvalue weighted by molar-refractivity contribution is -0.124. The fourth-order valence-corrected chi connectivity index (χ4v) is 3.98. The summed E-state index contributed by atoms with van der Waals surface area (Å²) in [7, 11) is 0. The number of nitrogens with one attached hydrogen (secondary N) is 1. The lowest BCUT2D eigenvalue weighted by atomic mass is 9.94. The number of rotatable bonds is 7. The zero-order valence-electron chi connectivity index (χ0n) is 13.8. The van der Waals surface area contributed by atoms with Gasteiger partial charge in [0, 0.05) is 10.4 Å². The van der Waals surface area contributed by atoms with Crippen LogP contribution in [0, 0.1) is 6.92 Å². The first kappa shape index (κ1) is 17.7. The lowest BCUT2D eigenvalue weighted by Crippen LogP contribution is -2.42. The molecule has 1 amide bonds. The van der Waals surface area contributed by atoms with Crippen molar-refractivity contribution in [3.63, 3.8) is 0 Å². The van der Waals surface area contributed by atoms with Crippen LogP contribution in [0.4, 0.5) is 0 Å². The average Bonchev–Trinajstić information content (AvgIpc) is 3.33. The Hall–Kier alpha value is -2.15. The Balaban J connectivity index is 1.61. The van der Waals surface area contributed by atoms with Gasteiger partial charge in [-0.25, -0.2) is 0 Å². The van der Waals surface area contributed by atoms with Gasteiger partial charge < -0.3 is 15.2 Å². The Morgan fingerprint density at radius 1 is 1.20 bits per heavy atom. The Bertz CT molecular complexity index is 762. The SMILES string of the molecule is Cc1ccc(OCC(=O)NCC(O)(c2ccsc2)c2cccs2)cc1. The molecule has 0 spiro atoms. The second-order valence-electron chi connectivity index (χ2n) is 5.73. The number of amides is 1. The molecule has 6 heteroatoms. The number of ether oxygens (including phenoxy) is 1. The van der Waals surface area contributed by atoms with Gasteiger partial charge in [0.05, 0.1) is 6.54 Å². The van der Waals surface area contributed by atoms with Crippen LogP contribution in [0.3, 0.4) is 0 Å². The number of benzene rings is 1.